The minimum atomic E-state index is -4.70. The Morgan fingerprint density at radius 2 is 1.92 bits per heavy atom. The fourth-order valence-corrected chi connectivity index (χ4v) is 1.77. The van der Waals surface area contributed by atoms with Crippen molar-refractivity contribution in [2.75, 3.05) is 19.7 Å². The minimum absolute atomic E-state index is 0. The second-order valence-corrected chi connectivity index (χ2v) is 3.69. The van der Waals surface area contributed by atoms with Crippen molar-refractivity contribution in [1.82, 2.24) is 5.32 Å². The zero-order valence-corrected chi connectivity index (χ0v) is 10.6. The summed E-state index contributed by atoms with van der Waals surface area (Å²) in [6.45, 7) is -3.67. The fraction of sp³-hybridized carbons (Fsp3) is 1.00. The molecule has 2 aliphatic rings. The van der Waals surface area contributed by atoms with Gasteiger partial charge in [-0.15, -0.1) is 0 Å². The molecule has 0 amide bonds. The van der Waals surface area contributed by atoms with E-state index in [9.17, 15) is 12.9 Å². The standard InChI is InChI=1S/C6H10BF3NO.K/c8-7(9,10)5-1-6(12-2-5)3-11-4-6;/h5,11H,1-4H2;/q-1;+1. The Labute approximate surface area is 117 Å². The van der Waals surface area contributed by atoms with Crippen LogP contribution in [0.3, 0.4) is 0 Å². The van der Waals surface area contributed by atoms with Gasteiger partial charge in [-0.05, 0) is 12.2 Å². The van der Waals surface area contributed by atoms with Crippen molar-refractivity contribution >= 4 is 6.98 Å². The quantitative estimate of drug-likeness (QED) is 0.513. The summed E-state index contributed by atoms with van der Waals surface area (Å²) in [4.78, 5) is 0. The molecule has 1 unspecified atom stereocenters. The van der Waals surface area contributed by atoms with Crippen molar-refractivity contribution in [3.8, 4) is 0 Å². The molecule has 0 radical (unpaired) electrons. The number of ether oxygens (including phenoxy) is 1. The van der Waals surface area contributed by atoms with E-state index in [1.54, 1.807) is 0 Å². The molecular formula is C6H10BF3KNO. The maximum absolute atomic E-state index is 12.2. The molecule has 13 heavy (non-hydrogen) atoms. The number of halogens is 3. The van der Waals surface area contributed by atoms with E-state index in [0.29, 0.717) is 13.1 Å². The van der Waals surface area contributed by atoms with Gasteiger partial charge in [0.15, 0.2) is 0 Å². The van der Waals surface area contributed by atoms with Crippen LogP contribution in [-0.2, 0) is 4.74 Å². The van der Waals surface area contributed by atoms with E-state index in [0.717, 1.165) is 0 Å². The van der Waals surface area contributed by atoms with Crippen LogP contribution in [0, 0.1) is 0 Å². The van der Waals surface area contributed by atoms with Crippen molar-refractivity contribution in [3.05, 3.63) is 0 Å². The van der Waals surface area contributed by atoms with Crippen LogP contribution in [0.5, 0.6) is 0 Å². The van der Waals surface area contributed by atoms with Gasteiger partial charge in [0, 0.05) is 19.7 Å². The van der Waals surface area contributed by atoms with Gasteiger partial charge in [-0.25, -0.2) is 0 Å². The molecule has 2 aliphatic heterocycles. The summed E-state index contributed by atoms with van der Waals surface area (Å²) in [5, 5.41) is 2.93. The van der Waals surface area contributed by atoms with Gasteiger partial charge in [-0.3, -0.25) is 0 Å². The third-order valence-corrected chi connectivity index (χ3v) is 2.67. The van der Waals surface area contributed by atoms with E-state index in [2.05, 4.69) is 5.32 Å². The fourth-order valence-electron chi connectivity index (χ4n) is 1.77. The molecule has 2 saturated heterocycles. The zero-order chi connectivity index (χ0) is 8.82. The maximum Gasteiger partial charge on any atom is 1.00 e. The average molecular weight is 219 g/mol. The third-order valence-electron chi connectivity index (χ3n) is 2.67. The molecule has 7 heteroatoms. The van der Waals surface area contributed by atoms with Gasteiger partial charge in [0.05, 0.1) is 5.60 Å². The Morgan fingerprint density at radius 1 is 1.31 bits per heavy atom. The molecule has 1 spiro atoms. The molecule has 0 saturated carbocycles. The summed E-state index contributed by atoms with van der Waals surface area (Å²) in [5.74, 6) is -1.19. The van der Waals surface area contributed by atoms with E-state index in [4.69, 9.17) is 4.74 Å². The van der Waals surface area contributed by atoms with Crippen molar-refractivity contribution in [2.24, 2.45) is 0 Å². The predicted octanol–water partition coefficient (Wildman–Crippen LogP) is -2.03. The van der Waals surface area contributed by atoms with Crippen LogP contribution in [-0.4, -0.2) is 32.3 Å². The number of rotatable bonds is 1. The van der Waals surface area contributed by atoms with Gasteiger partial charge in [0.1, 0.15) is 0 Å². The van der Waals surface area contributed by atoms with E-state index in [1.807, 2.05) is 0 Å². The second-order valence-electron chi connectivity index (χ2n) is 3.69. The smallest absolute Gasteiger partial charge is 0.449 e. The first-order valence-corrected chi connectivity index (χ1v) is 4.07. The SMILES string of the molecule is F[B-](F)(F)C1COC2(CNC2)C1.[K+]. The Kier molecular flexibility index (Phi) is 3.95. The van der Waals surface area contributed by atoms with E-state index in [-0.39, 0.29) is 64.4 Å². The number of hydrogen-bond donors (Lipinski definition) is 1. The molecule has 2 rings (SSSR count). The van der Waals surface area contributed by atoms with Gasteiger partial charge >= 0.3 is 58.4 Å². The molecule has 2 fully saturated rings. The summed E-state index contributed by atoms with van der Waals surface area (Å²) < 4.78 is 41.8. The molecule has 2 nitrogen and oxygen atoms in total. The summed E-state index contributed by atoms with van der Waals surface area (Å²) in [6.07, 6.45) is 0.156. The van der Waals surface area contributed by atoms with Crippen LogP contribution in [0.1, 0.15) is 6.42 Å². The van der Waals surface area contributed by atoms with Crippen molar-refractivity contribution in [2.45, 2.75) is 17.8 Å². The normalized spacial score (nSPS) is 31.2. The Bertz CT molecular complexity index is 197. The number of hydrogen-bond acceptors (Lipinski definition) is 2. The maximum atomic E-state index is 12.2. The van der Waals surface area contributed by atoms with Gasteiger partial charge in [-0.2, -0.15) is 0 Å². The first kappa shape index (κ1) is 12.5. The van der Waals surface area contributed by atoms with Crippen molar-refractivity contribution < 1.29 is 69.1 Å². The molecule has 70 valence electrons. The first-order valence-electron chi connectivity index (χ1n) is 4.07. The molecule has 1 atom stereocenters. The molecule has 1 N–H and O–H groups in total. The van der Waals surface area contributed by atoms with Crippen LogP contribution in [0.25, 0.3) is 0 Å². The molecule has 0 aliphatic carbocycles. The molecule has 0 aromatic heterocycles. The molecule has 0 aromatic rings. The monoisotopic (exact) mass is 219 g/mol. The molecule has 0 bridgehead atoms. The molecular weight excluding hydrogens is 209 g/mol. The molecule has 2 heterocycles. The van der Waals surface area contributed by atoms with Gasteiger partial charge in [0.2, 0.25) is 0 Å². The zero-order valence-electron chi connectivity index (χ0n) is 7.53. The van der Waals surface area contributed by atoms with E-state index in [1.165, 1.54) is 0 Å². The summed E-state index contributed by atoms with van der Waals surface area (Å²) in [6, 6.07) is 0. The van der Waals surface area contributed by atoms with Crippen molar-refractivity contribution in [3.63, 3.8) is 0 Å². The van der Waals surface area contributed by atoms with Crippen molar-refractivity contribution in [1.29, 1.82) is 0 Å². The summed E-state index contributed by atoms with van der Waals surface area (Å²) in [7, 11) is 0. The van der Waals surface area contributed by atoms with Gasteiger partial charge < -0.3 is 23.0 Å². The van der Waals surface area contributed by atoms with Gasteiger partial charge in [-0.1, -0.05) is 0 Å². The first-order chi connectivity index (χ1) is 5.52. The van der Waals surface area contributed by atoms with Crippen LogP contribution < -0.4 is 56.7 Å². The third kappa shape index (κ3) is 2.50. The van der Waals surface area contributed by atoms with E-state index < -0.39 is 18.4 Å². The second kappa shape index (κ2) is 4.11. The number of nitrogens with one attached hydrogen (secondary N) is 1. The van der Waals surface area contributed by atoms with Crippen LogP contribution in [0.15, 0.2) is 0 Å². The Balaban J connectivity index is 0.000000845. The Hall–Kier alpha value is 1.41. The average Bonchev–Trinajstić information content (AvgIpc) is 2.26. The predicted molar refractivity (Wildman–Crippen MR) is 39.0 cm³/mol. The topological polar surface area (TPSA) is 21.3 Å². The van der Waals surface area contributed by atoms with Crippen LogP contribution in [0.2, 0.25) is 5.82 Å². The van der Waals surface area contributed by atoms with Gasteiger partial charge in [0.25, 0.3) is 0 Å². The summed E-state index contributed by atoms with van der Waals surface area (Å²) >= 11 is 0. The van der Waals surface area contributed by atoms with E-state index >= 15 is 0 Å². The van der Waals surface area contributed by atoms with Crippen LogP contribution in [0.4, 0.5) is 12.9 Å². The van der Waals surface area contributed by atoms with Crippen LogP contribution >= 0.6 is 0 Å². The largest absolute Gasteiger partial charge is 1.00 e. The minimum Gasteiger partial charge on any atom is -0.449 e. The molecule has 0 aromatic carbocycles. The summed E-state index contributed by atoms with van der Waals surface area (Å²) in [5.41, 5.74) is -0.470. The Morgan fingerprint density at radius 3 is 2.15 bits per heavy atom.